The minimum Gasteiger partial charge on any atom is -0.456 e. The predicted molar refractivity (Wildman–Crippen MR) is 130 cm³/mol. The van der Waals surface area contributed by atoms with Crippen molar-refractivity contribution in [2.45, 2.75) is 72.1 Å². The third-order valence-electron chi connectivity index (χ3n) is 5.17. The number of halogens is 1. The second kappa shape index (κ2) is 9.71. The van der Waals surface area contributed by atoms with Crippen molar-refractivity contribution in [3.63, 3.8) is 0 Å². The Morgan fingerprint density at radius 1 is 1.28 bits per heavy atom. The molecule has 0 saturated carbocycles. The van der Waals surface area contributed by atoms with E-state index in [0.717, 1.165) is 22.8 Å². The third kappa shape index (κ3) is 5.56. The van der Waals surface area contributed by atoms with Gasteiger partial charge in [0, 0.05) is 16.8 Å². The molecule has 0 fully saturated rings. The van der Waals surface area contributed by atoms with Crippen LogP contribution in [0.5, 0.6) is 0 Å². The monoisotopic (exact) mass is 475 g/mol. The minimum atomic E-state index is -0.645. The van der Waals surface area contributed by atoms with Gasteiger partial charge in [0.05, 0.1) is 23.7 Å². The van der Waals surface area contributed by atoms with Crippen LogP contribution in [0.3, 0.4) is 0 Å². The molecule has 1 amide bonds. The van der Waals surface area contributed by atoms with Gasteiger partial charge in [-0.1, -0.05) is 42.4 Å². The molecule has 1 aromatic rings. The number of carbonyl (C=O) groups excluding carboxylic acids is 2. The first-order valence-electron chi connectivity index (χ1n) is 10.7. The van der Waals surface area contributed by atoms with E-state index in [9.17, 15) is 9.59 Å². The summed E-state index contributed by atoms with van der Waals surface area (Å²) in [7, 11) is 0. The number of ether oxygens (including phenoxy) is 1. The number of fused-ring (bicyclic) bond motifs is 1. The maximum atomic E-state index is 13.3. The van der Waals surface area contributed by atoms with E-state index >= 15 is 0 Å². The largest absolute Gasteiger partial charge is 0.456 e. The van der Waals surface area contributed by atoms with Crippen LogP contribution in [-0.2, 0) is 14.3 Å². The fourth-order valence-electron chi connectivity index (χ4n) is 3.52. The first-order chi connectivity index (χ1) is 15.0. The molecule has 0 radical (unpaired) electrons. The van der Waals surface area contributed by atoms with Crippen molar-refractivity contribution >= 4 is 40.4 Å². The molecule has 8 heteroatoms. The van der Waals surface area contributed by atoms with Gasteiger partial charge in [-0.3, -0.25) is 4.79 Å². The van der Waals surface area contributed by atoms with Gasteiger partial charge in [0.1, 0.15) is 5.60 Å². The molecule has 0 unspecified atom stereocenters. The molecular weight excluding hydrogens is 446 g/mol. The molecule has 2 heterocycles. The molecule has 3 rings (SSSR count). The highest BCUT2D eigenvalue weighted by atomic mass is 35.5. The molecule has 172 valence electrons. The van der Waals surface area contributed by atoms with E-state index in [4.69, 9.17) is 16.3 Å². The molecule has 0 saturated heterocycles. The van der Waals surface area contributed by atoms with Gasteiger partial charge in [-0.05, 0) is 64.1 Å². The van der Waals surface area contributed by atoms with E-state index < -0.39 is 17.6 Å². The molecule has 2 aliphatic heterocycles. The van der Waals surface area contributed by atoms with Crippen molar-refractivity contribution in [3.05, 3.63) is 57.2 Å². The molecule has 2 atom stereocenters. The van der Waals surface area contributed by atoms with Crippen LogP contribution in [0.4, 0.5) is 0 Å². The van der Waals surface area contributed by atoms with Gasteiger partial charge < -0.3 is 15.0 Å². The molecule has 0 aliphatic carbocycles. The van der Waals surface area contributed by atoms with Crippen LogP contribution in [0.1, 0.15) is 66.0 Å². The Hall–Kier alpha value is -2.25. The van der Waals surface area contributed by atoms with E-state index in [1.165, 1.54) is 11.8 Å². The Labute approximate surface area is 199 Å². The van der Waals surface area contributed by atoms with E-state index in [2.05, 4.69) is 10.3 Å². The number of hydrogen-bond acceptors (Lipinski definition) is 6. The zero-order valence-electron chi connectivity index (χ0n) is 19.4. The summed E-state index contributed by atoms with van der Waals surface area (Å²) in [5, 5.41) is 6.29. The van der Waals surface area contributed by atoms with Crippen LogP contribution in [0.2, 0.25) is 5.02 Å². The van der Waals surface area contributed by atoms with Gasteiger partial charge >= 0.3 is 5.97 Å². The van der Waals surface area contributed by atoms with Crippen LogP contribution >= 0.6 is 23.4 Å². The quantitative estimate of drug-likeness (QED) is 0.545. The highest BCUT2D eigenvalue weighted by Crippen LogP contribution is 2.45. The fourth-order valence-corrected chi connectivity index (χ4v) is 4.61. The number of amidine groups is 1. The van der Waals surface area contributed by atoms with Crippen molar-refractivity contribution < 1.29 is 14.3 Å². The normalized spacial score (nSPS) is 19.2. The lowest BCUT2D eigenvalue weighted by atomic mass is 9.93. The standard InChI is InChI=1S/C24H30ClN3O3S/c1-7-14(2)26-19(29)12-18-13-32-23-27-15(3)20(22(30)31-24(4,5)6)21(28(18)23)16-8-10-17(25)11-9-16/h8-11,13-14,21H,7,12H2,1-6H3,(H,26,29)/t14-,21+/m0/s1. The number of esters is 1. The van der Waals surface area contributed by atoms with Gasteiger partial charge in [0.15, 0.2) is 5.17 Å². The van der Waals surface area contributed by atoms with Crippen LogP contribution < -0.4 is 5.32 Å². The lowest BCUT2D eigenvalue weighted by Crippen LogP contribution is -2.40. The zero-order chi connectivity index (χ0) is 23.6. The average molecular weight is 476 g/mol. The summed E-state index contributed by atoms with van der Waals surface area (Å²) < 4.78 is 5.73. The zero-order valence-corrected chi connectivity index (χ0v) is 20.9. The minimum absolute atomic E-state index is 0.0626. The van der Waals surface area contributed by atoms with E-state index in [1.807, 2.05) is 64.0 Å². The Bertz CT molecular complexity index is 993. The molecule has 0 spiro atoms. The summed E-state index contributed by atoms with van der Waals surface area (Å²) in [6.07, 6.45) is 1.05. The van der Waals surface area contributed by atoms with Crippen LogP contribution in [-0.4, -0.2) is 33.6 Å². The maximum Gasteiger partial charge on any atom is 0.338 e. The number of carbonyl (C=O) groups is 2. The molecule has 1 N–H and O–H groups in total. The molecule has 0 bridgehead atoms. The summed E-state index contributed by atoms with van der Waals surface area (Å²) in [6.45, 7) is 11.3. The lowest BCUT2D eigenvalue weighted by molar-refractivity contribution is -0.150. The molecule has 6 nitrogen and oxygen atoms in total. The van der Waals surface area contributed by atoms with Crippen molar-refractivity contribution in [1.29, 1.82) is 0 Å². The first kappa shape index (κ1) is 24.4. The summed E-state index contributed by atoms with van der Waals surface area (Å²) >= 11 is 7.58. The van der Waals surface area contributed by atoms with Crippen LogP contribution in [0.25, 0.3) is 0 Å². The predicted octanol–water partition coefficient (Wildman–Crippen LogP) is 5.56. The van der Waals surface area contributed by atoms with Crippen LogP contribution in [0.15, 0.2) is 51.6 Å². The Morgan fingerprint density at radius 3 is 2.53 bits per heavy atom. The van der Waals surface area contributed by atoms with Crippen molar-refractivity contribution in [2.24, 2.45) is 4.99 Å². The highest BCUT2D eigenvalue weighted by molar-refractivity contribution is 8.16. The van der Waals surface area contributed by atoms with Crippen molar-refractivity contribution in [2.75, 3.05) is 0 Å². The van der Waals surface area contributed by atoms with Gasteiger partial charge in [-0.25, -0.2) is 9.79 Å². The second-order valence-corrected chi connectivity index (χ2v) is 10.3. The number of aliphatic imine (C=N–C) groups is 1. The van der Waals surface area contributed by atoms with Gasteiger partial charge in [-0.2, -0.15) is 0 Å². The summed E-state index contributed by atoms with van der Waals surface area (Å²) in [6, 6.07) is 7.02. The number of nitrogens with one attached hydrogen (secondary N) is 1. The van der Waals surface area contributed by atoms with Crippen molar-refractivity contribution in [1.82, 2.24) is 10.2 Å². The Balaban J connectivity index is 2.01. The van der Waals surface area contributed by atoms with Gasteiger partial charge in [-0.15, -0.1) is 0 Å². The smallest absolute Gasteiger partial charge is 0.338 e. The maximum absolute atomic E-state index is 13.3. The van der Waals surface area contributed by atoms with Crippen molar-refractivity contribution in [3.8, 4) is 0 Å². The highest BCUT2D eigenvalue weighted by Gasteiger charge is 2.41. The number of nitrogens with zero attached hydrogens (tertiary/aromatic N) is 2. The van der Waals surface area contributed by atoms with E-state index in [0.29, 0.717) is 16.3 Å². The Morgan fingerprint density at radius 2 is 1.94 bits per heavy atom. The number of hydrogen-bond donors (Lipinski definition) is 1. The number of rotatable bonds is 6. The summed E-state index contributed by atoms with van der Waals surface area (Å²) in [4.78, 5) is 32.6. The molecule has 1 aromatic carbocycles. The molecule has 2 aliphatic rings. The molecule has 0 aromatic heterocycles. The van der Waals surface area contributed by atoms with E-state index in [-0.39, 0.29) is 18.4 Å². The Kier molecular flexibility index (Phi) is 7.40. The molecule has 32 heavy (non-hydrogen) atoms. The number of thioether (sulfide) groups is 1. The van der Waals surface area contributed by atoms with Gasteiger partial charge in [0.2, 0.25) is 5.91 Å². The summed E-state index contributed by atoms with van der Waals surface area (Å²) in [5.74, 6) is -0.481. The topological polar surface area (TPSA) is 71.0 Å². The fraction of sp³-hybridized carbons (Fsp3) is 0.458. The third-order valence-corrected chi connectivity index (χ3v) is 6.31. The number of benzene rings is 1. The van der Waals surface area contributed by atoms with E-state index in [1.54, 1.807) is 12.1 Å². The number of amides is 1. The number of allylic oxidation sites excluding steroid dienone is 1. The first-order valence-corrected chi connectivity index (χ1v) is 12.0. The lowest BCUT2D eigenvalue weighted by Gasteiger charge is -2.37. The summed E-state index contributed by atoms with van der Waals surface area (Å²) in [5.41, 5.74) is 2.09. The van der Waals surface area contributed by atoms with Gasteiger partial charge in [0.25, 0.3) is 0 Å². The van der Waals surface area contributed by atoms with Crippen LogP contribution in [0, 0.1) is 0 Å². The second-order valence-electron chi connectivity index (χ2n) is 9.00. The molecular formula is C24H30ClN3O3S. The average Bonchev–Trinajstić information content (AvgIpc) is 3.07. The SMILES string of the molecule is CC[C@H](C)NC(=O)CC1=CSC2=NC(C)=C(C(=O)OC(C)(C)C)[C@@H](c3ccc(Cl)cc3)N12.